The highest BCUT2D eigenvalue weighted by molar-refractivity contribution is 5.95. The van der Waals surface area contributed by atoms with E-state index in [1.807, 2.05) is 18.2 Å². The van der Waals surface area contributed by atoms with Crippen LogP contribution in [0.5, 0.6) is 5.75 Å². The van der Waals surface area contributed by atoms with Crippen molar-refractivity contribution in [1.82, 2.24) is 0 Å². The summed E-state index contributed by atoms with van der Waals surface area (Å²) in [7, 11) is 1.75. The zero-order valence-electron chi connectivity index (χ0n) is 9.77. The van der Waals surface area contributed by atoms with Crippen LogP contribution in [0.1, 0.15) is 18.4 Å². The maximum atomic E-state index is 11.7. The van der Waals surface area contributed by atoms with Gasteiger partial charge in [0.15, 0.2) is 0 Å². The zero-order valence-corrected chi connectivity index (χ0v) is 9.77. The third-order valence-electron chi connectivity index (χ3n) is 2.86. The Balaban J connectivity index is 2.32. The molecule has 88 valence electrons. The lowest BCUT2D eigenvalue weighted by Crippen LogP contribution is -2.25. The van der Waals surface area contributed by atoms with Gasteiger partial charge in [-0.1, -0.05) is 6.07 Å². The Morgan fingerprint density at radius 1 is 1.53 bits per heavy atom. The molecule has 0 atom stereocenters. The summed E-state index contributed by atoms with van der Waals surface area (Å²) in [5, 5.41) is 8.57. The van der Waals surface area contributed by atoms with E-state index < -0.39 is 0 Å². The number of hydrogen-bond acceptors (Lipinski definition) is 3. The van der Waals surface area contributed by atoms with Crippen LogP contribution >= 0.6 is 0 Å². The number of nitrogens with zero attached hydrogens (tertiary/aromatic N) is 2. The quantitative estimate of drug-likeness (QED) is 0.779. The summed E-state index contributed by atoms with van der Waals surface area (Å²) in [5.41, 5.74) is 1.85. The average Bonchev–Trinajstić information content (AvgIpc) is 2.48. The Hall–Kier alpha value is -2.02. The number of ether oxygens (including phenoxy) is 1. The van der Waals surface area contributed by atoms with Crippen molar-refractivity contribution in [3.05, 3.63) is 23.8 Å². The van der Waals surface area contributed by atoms with Gasteiger partial charge in [-0.05, 0) is 24.1 Å². The molecular formula is C13H14N2O2. The molecule has 1 aromatic rings. The van der Waals surface area contributed by atoms with Gasteiger partial charge in [0, 0.05) is 13.5 Å². The van der Waals surface area contributed by atoms with Crippen LogP contribution in [-0.2, 0) is 11.2 Å². The van der Waals surface area contributed by atoms with Crippen LogP contribution in [-0.4, -0.2) is 19.6 Å². The van der Waals surface area contributed by atoms with Crippen molar-refractivity contribution in [3.63, 3.8) is 0 Å². The van der Waals surface area contributed by atoms with Gasteiger partial charge < -0.3 is 9.64 Å². The molecule has 0 radical (unpaired) electrons. The molecule has 1 aliphatic heterocycles. The molecule has 2 rings (SSSR count). The van der Waals surface area contributed by atoms with Gasteiger partial charge >= 0.3 is 0 Å². The van der Waals surface area contributed by atoms with E-state index in [1.54, 1.807) is 11.9 Å². The lowest BCUT2D eigenvalue weighted by molar-refractivity contribution is -0.118. The summed E-state index contributed by atoms with van der Waals surface area (Å²) in [4.78, 5) is 13.3. The third kappa shape index (κ3) is 2.39. The molecule has 0 aromatic heterocycles. The number of nitriles is 1. The highest BCUT2D eigenvalue weighted by Gasteiger charge is 2.19. The number of hydrogen-bond donors (Lipinski definition) is 0. The van der Waals surface area contributed by atoms with Gasteiger partial charge in [-0.15, -0.1) is 0 Å². The topological polar surface area (TPSA) is 53.3 Å². The fourth-order valence-electron chi connectivity index (χ4n) is 1.85. The van der Waals surface area contributed by atoms with Crippen LogP contribution in [0.3, 0.4) is 0 Å². The summed E-state index contributed by atoms with van der Waals surface area (Å²) in [6.45, 7) is 0.424. The summed E-state index contributed by atoms with van der Waals surface area (Å²) >= 11 is 0. The number of amides is 1. The first kappa shape index (κ1) is 11.5. The normalized spacial score (nSPS) is 14.6. The lowest BCUT2D eigenvalue weighted by Gasteiger charge is -2.17. The molecule has 0 saturated heterocycles. The maximum absolute atomic E-state index is 11.7. The predicted octanol–water partition coefficient (Wildman–Crippen LogP) is 1.89. The molecule has 1 heterocycles. The second-order valence-electron chi connectivity index (χ2n) is 4.01. The van der Waals surface area contributed by atoms with Crippen molar-refractivity contribution >= 4 is 11.6 Å². The molecule has 1 amide bonds. The zero-order chi connectivity index (χ0) is 12.3. The van der Waals surface area contributed by atoms with Gasteiger partial charge in [0.2, 0.25) is 5.91 Å². The molecule has 0 aliphatic carbocycles. The second kappa shape index (κ2) is 4.88. The van der Waals surface area contributed by atoms with Gasteiger partial charge in [-0.3, -0.25) is 4.79 Å². The first-order valence-corrected chi connectivity index (χ1v) is 5.61. The molecule has 4 nitrogen and oxygen atoms in total. The third-order valence-corrected chi connectivity index (χ3v) is 2.86. The molecular weight excluding hydrogens is 216 g/mol. The van der Waals surface area contributed by atoms with Crippen LogP contribution in [0, 0.1) is 11.3 Å². The highest BCUT2D eigenvalue weighted by atomic mass is 16.5. The first-order valence-electron chi connectivity index (χ1n) is 5.61. The molecule has 17 heavy (non-hydrogen) atoms. The summed E-state index contributed by atoms with van der Waals surface area (Å²) in [6.07, 6.45) is 1.59. The van der Waals surface area contributed by atoms with E-state index >= 15 is 0 Å². The lowest BCUT2D eigenvalue weighted by atomic mass is 10.1. The van der Waals surface area contributed by atoms with Gasteiger partial charge in [-0.2, -0.15) is 5.26 Å². The van der Waals surface area contributed by atoms with Gasteiger partial charge in [0.1, 0.15) is 5.75 Å². The average molecular weight is 230 g/mol. The van der Waals surface area contributed by atoms with E-state index in [4.69, 9.17) is 10.00 Å². The summed E-state index contributed by atoms with van der Waals surface area (Å²) in [5.74, 6) is 0.792. The van der Waals surface area contributed by atoms with Crippen molar-refractivity contribution in [3.8, 4) is 11.8 Å². The van der Waals surface area contributed by atoms with Crippen molar-refractivity contribution in [1.29, 1.82) is 5.26 Å². The van der Waals surface area contributed by atoms with Crippen LogP contribution < -0.4 is 9.64 Å². The van der Waals surface area contributed by atoms with Crippen molar-refractivity contribution in [2.75, 3.05) is 18.6 Å². The first-order chi connectivity index (χ1) is 8.22. The Bertz CT molecular complexity index is 477. The largest absolute Gasteiger partial charge is 0.491 e. The molecule has 0 unspecified atom stereocenters. The Kier molecular flexibility index (Phi) is 3.29. The molecule has 0 bridgehead atoms. The Morgan fingerprint density at radius 3 is 3.12 bits per heavy atom. The van der Waals surface area contributed by atoms with Crippen LogP contribution in [0.4, 0.5) is 5.69 Å². The van der Waals surface area contributed by atoms with Crippen LogP contribution in [0.15, 0.2) is 18.2 Å². The van der Waals surface area contributed by atoms with Gasteiger partial charge in [0.05, 0.1) is 24.8 Å². The smallest absolute Gasteiger partial charge is 0.230 e. The fourth-order valence-corrected chi connectivity index (χ4v) is 1.85. The number of aryl methyl sites for hydroxylation is 1. The predicted molar refractivity (Wildman–Crippen MR) is 63.9 cm³/mol. The van der Waals surface area contributed by atoms with E-state index in [1.165, 1.54) is 0 Å². The Labute approximate surface area is 100 Å². The standard InChI is InChI=1S/C13H14N2O2/c1-15-11-9-10(3-2-7-14)4-5-12(11)17-8-6-13(15)16/h4-5,9H,2-3,6,8H2,1H3. The van der Waals surface area contributed by atoms with E-state index in [9.17, 15) is 4.79 Å². The number of anilines is 1. The molecule has 1 aliphatic rings. The monoisotopic (exact) mass is 230 g/mol. The molecule has 0 N–H and O–H groups in total. The minimum absolute atomic E-state index is 0.0567. The number of fused-ring (bicyclic) bond motifs is 1. The molecule has 4 heteroatoms. The van der Waals surface area contributed by atoms with Gasteiger partial charge in [-0.25, -0.2) is 0 Å². The Morgan fingerprint density at radius 2 is 2.35 bits per heavy atom. The van der Waals surface area contributed by atoms with E-state index in [0.29, 0.717) is 25.9 Å². The van der Waals surface area contributed by atoms with Crippen molar-refractivity contribution < 1.29 is 9.53 Å². The van der Waals surface area contributed by atoms with Crippen molar-refractivity contribution in [2.45, 2.75) is 19.3 Å². The minimum atomic E-state index is 0.0567. The van der Waals surface area contributed by atoms with Crippen LogP contribution in [0.2, 0.25) is 0 Å². The van der Waals surface area contributed by atoms with Crippen LogP contribution in [0.25, 0.3) is 0 Å². The highest BCUT2D eigenvalue weighted by Crippen LogP contribution is 2.31. The molecule has 0 saturated carbocycles. The molecule has 0 spiro atoms. The molecule has 0 fully saturated rings. The molecule has 1 aromatic carbocycles. The fraction of sp³-hybridized carbons (Fsp3) is 0.385. The summed E-state index contributed by atoms with van der Waals surface area (Å²) in [6, 6.07) is 7.86. The number of benzene rings is 1. The van der Waals surface area contributed by atoms with E-state index in [0.717, 1.165) is 17.0 Å². The minimum Gasteiger partial charge on any atom is -0.491 e. The van der Waals surface area contributed by atoms with E-state index in [-0.39, 0.29) is 5.91 Å². The SMILES string of the molecule is CN1C(=O)CCOc2ccc(CCC#N)cc21. The summed E-state index contributed by atoms with van der Waals surface area (Å²) < 4.78 is 5.52. The number of carbonyl (C=O) groups is 1. The number of carbonyl (C=O) groups excluding carboxylic acids is 1. The van der Waals surface area contributed by atoms with E-state index in [2.05, 4.69) is 6.07 Å². The second-order valence-corrected chi connectivity index (χ2v) is 4.01. The van der Waals surface area contributed by atoms with Crippen molar-refractivity contribution in [2.24, 2.45) is 0 Å². The van der Waals surface area contributed by atoms with Gasteiger partial charge in [0.25, 0.3) is 0 Å². The number of rotatable bonds is 2. The maximum Gasteiger partial charge on any atom is 0.230 e.